The summed E-state index contributed by atoms with van der Waals surface area (Å²) in [5.74, 6) is 3.18. The third-order valence-corrected chi connectivity index (χ3v) is 7.93. The third kappa shape index (κ3) is 4.34. The second-order valence-corrected chi connectivity index (χ2v) is 11.3. The van der Waals surface area contributed by atoms with Gasteiger partial charge in [0.2, 0.25) is 0 Å². The lowest BCUT2D eigenvalue weighted by Gasteiger charge is -2.46. The van der Waals surface area contributed by atoms with E-state index in [4.69, 9.17) is 18.9 Å². The second kappa shape index (κ2) is 9.72. The fourth-order valence-corrected chi connectivity index (χ4v) is 6.32. The lowest BCUT2D eigenvalue weighted by Crippen LogP contribution is -2.40. The number of rotatable bonds is 5. The molecule has 4 aliphatic rings. The second-order valence-electron chi connectivity index (χ2n) is 11.3. The molecule has 1 atom stereocenters. The Morgan fingerprint density at radius 1 is 0.974 bits per heavy atom. The van der Waals surface area contributed by atoms with Gasteiger partial charge in [-0.15, -0.1) is 0 Å². The van der Waals surface area contributed by atoms with E-state index in [0.717, 1.165) is 65.6 Å². The topological polar surface area (TPSA) is 57.2 Å². The summed E-state index contributed by atoms with van der Waals surface area (Å²) in [6, 6.07) is 10.4. The monoisotopic (exact) mass is 515 g/mol. The van der Waals surface area contributed by atoms with Gasteiger partial charge in [0.05, 0.1) is 26.4 Å². The number of carbonyl (C=O) groups excluding carboxylic acids is 1. The van der Waals surface area contributed by atoms with E-state index in [1.165, 1.54) is 16.8 Å². The molecule has 6 heteroatoms. The van der Waals surface area contributed by atoms with Gasteiger partial charge in [-0.05, 0) is 73.6 Å². The fourth-order valence-electron chi connectivity index (χ4n) is 6.32. The van der Waals surface area contributed by atoms with Crippen LogP contribution in [-0.2, 0) is 11.2 Å². The molecule has 3 aliphatic heterocycles. The molecule has 2 aromatic rings. The summed E-state index contributed by atoms with van der Waals surface area (Å²) in [4.78, 5) is 16.1. The minimum Gasteiger partial charge on any atom is -0.490 e. The highest BCUT2D eigenvalue weighted by molar-refractivity contribution is 6.01. The van der Waals surface area contributed by atoms with Gasteiger partial charge in [0.15, 0.2) is 28.8 Å². The molecule has 1 aliphatic carbocycles. The van der Waals surface area contributed by atoms with Crippen LogP contribution in [0.3, 0.4) is 0 Å². The van der Waals surface area contributed by atoms with Crippen LogP contribution >= 0.6 is 0 Å². The van der Waals surface area contributed by atoms with Crippen LogP contribution in [-0.4, -0.2) is 43.7 Å². The molecule has 6 nitrogen and oxygen atoms in total. The fraction of sp³-hybridized carbons (Fsp3) is 0.469. The zero-order valence-electron chi connectivity index (χ0n) is 22.9. The van der Waals surface area contributed by atoms with Crippen LogP contribution in [0, 0.1) is 5.41 Å². The van der Waals surface area contributed by atoms with Crippen molar-refractivity contribution in [3.63, 3.8) is 0 Å². The average Bonchev–Trinajstić information content (AvgIpc) is 3.12. The van der Waals surface area contributed by atoms with Crippen molar-refractivity contribution in [3.8, 4) is 23.0 Å². The van der Waals surface area contributed by atoms with Crippen molar-refractivity contribution in [2.75, 3.05) is 33.0 Å². The molecule has 0 N–H and O–H groups in total. The Hall–Kier alpha value is -3.41. The maximum absolute atomic E-state index is 13.8. The van der Waals surface area contributed by atoms with Crippen molar-refractivity contribution in [2.45, 2.75) is 59.3 Å². The number of benzene rings is 2. The first-order valence-corrected chi connectivity index (χ1v) is 14.0. The van der Waals surface area contributed by atoms with Crippen molar-refractivity contribution in [1.29, 1.82) is 0 Å². The van der Waals surface area contributed by atoms with Crippen molar-refractivity contribution < 1.29 is 23.7 Å². The van der Waals surface area contributed by atoms with Crippen LogP contribution in [0.1, 0.15) is 69.6 Å². The van der Waals surface area contributed by atoms with Crippen LogP contribution in [0.5, 0.6) is 23.0 Å². The molecule has 2 aromatic carbocycles. The van der Waals surface area contributed by atoms with Crippen molar-refractivity contribution in [2.24, 2.45) is 5.41 Å². The van der Waals surface area contributed by atoms with Gasteiger partial charge in [0, 0.05) is 47.8 Å². The standard InChI is InChI=1S/C32H37NO5/c1-5-35-27-9-8-20(14-28(27)36-6-2)23-16-24-22-17-30-29(37-12-7-13-38-30)15-21(22)10-11-33(24)25-18-32(3,4)19-26(34)31(23)25/h8-9,14-17,23H,5-7,10-13,18-19H2,1-4H3/t23-/m0/s1. The summed E-state index contributed by atoms with van der Waals surface area (Å²) in [6.45, 7) is 11.6. The van der Waals surface area contributed by atoms with Gasteiger partial charge < -0.3 is 23.8 Å². The van der Waals surface area contributed by atoms with Crippen molar-refractivity contribution >= 4 is 11.5 Å². The smallest absolute Gasteiger partial charge is 0.162 e. The molecule has 0 aromatic heterocycles. The number of carbonyl (C=O) groups is 1. The van der Waals surface area contributed by atoms with E-state index in [1.807, 2.05) is 19.9 Å². The quantitative estimate of drug-likeness (QED) is 0.467. The summed E-state index contributed by atoms with van der Waals surface area (Å²) in [6.07, 6.45) is 5.49. The van der Waals surface area contributed by atoms with E-state index in [-0.39, 0.29) is 17.1 Å². The van der Waals surface area contributed by atoms with Crippen LogP contribution in [0.4, 0.5) is 0 Å². The highest BCUT2D eigenvalue weighted by atomic mass is 16.5. The Labute approximate surface area is 225 Å². The maximum atomic E-state index is 13.8. The molecule has 0 spiro atoms. The Kier molecular flexibility index (Phi) is 6.37. The molecule has 0 bridgehead atoms. The first-order valence-electron chi connectivity index (χ1n) is 14.0. The summed E-state index contributed by atoms with van der Waals surface area (Å²) >= 11 is 0. The first kappa shape index (κ1) is 24.9. The Bertz CT molecular complexity index is 1340. The van der Waals surface area contributed by atoms with Crippen LogP contribution in [0.25, 0.3) is 5.70 Å². The van der Waals surface area contributed by atoms with Gasteiger partial charge >= 0.3 is 0 Å². The highest BCUT2D eigenvalue weighted by Crippen LogP contribution is 2.52. The lowest BCUT2D eigenvalue weighted by atomic mass is 9.69. The number of Topliss-reactive ketones (excluding diaryl/α,β-unsaturated/α-hetero) is 1. The number of hydrogen-bond donors (Lipinski definition) is 0. The SMILES string of the molecule is CCOc1ccc([C@@H]2C=C3c4cc5c(cc4CCN3C3=C2C(=O)CC(C)(C)C3)OCCCO5)cc1OCC. The lowest BCUT2D eigenvalue weighted by molar-refractivity contribution is -0.118. The third-order valence-electron chi connectivity index (χ3n) is 7.93. The zero-order chi connectivity index (χ0) is 26.4. The molecule has 0 saturated carbocycles. The summed E-state index contributed by atoms with van der Waals surface area (Å²) in [7, 11) is 0. The molecule has 38 heavy (non-hydrogen) atoms. The number of ether oxygens (including phenoxy) is 4. The minimum absolute atomic E-state index is 0.0801. The largest absolute Gasteiger partial charge is 0.490 e. The van der Waals surface area contributed by atoms with E-state index >= 15 is 0 Å². The van der Waals surface area contributed by atoms with E-state index in [9.17, 15) is 4.79 Å². The van der Waals surface area contributed by atoms with Crippen molar-refractivity contribution in [1.82, 2.24) is 4.90 Å². The molecule has 0 saturated heterocycles. The van der Waals surface area contributed by atoms with E-state index in [0.29, 0.717) is 32.8 Å². The maximum Gasteiger partial charge on any atom is 0.162 e. The first-order chi connectivity index (χ1) is 18.4. The van der Waals surface area contributed by atoms with Crippen LogP contribution in [0.15, 0.2) is 47.7 Å². The highest BCUT2D eigenvalue weighted by Gasteiger charge is 2.43. The molecule has 0 fully saturated rings. The van der Waals surface area contributed by atoms with Crippen LogP contribution in [0.2, 0.25) is 0 Å². The summed E-state index contributed by atoms with van der Waals surface area (Å²) in [5.41, 5.74) is 6.65. The van der Waals surface area contributed by atoms with Crippen LogP contribution < -0.4 is 18.9 Å². The number of nitrogens with zero attached hydrogens (tertiary/aromatic N) is 1. The van der Waals surface area contributed by atoms with Gasteiger partial charge in [-0.3, -0.25) is 4.79 Å². The predicted molar refractivity (Wildman–Crippen MR) is 147 cm³/mol. The molecular weight excluding hydrogens is 478 g/mol. The minimum atomic E-state index is -0.156. The number of ketones is 1. The molecule has 0 unspecified atom stereocenters. The van der Waals surface area contributed by atoms with E-state index < -0.39 is 0 Å². The molecule has 200 valence electrons. The van der Waals surface area contributed by atoms with E-state index in [2.05, 4.69) is 49.1 Å². The summed E-state index contributed by atoms with van der Waals surface area (Å²) < 4.78 is 23.9. The Morgan fingerprint density at radius 2 is 1.71 bits per heavy atom. The number of allylic oxidation sites excluding steroid dienone is 3. The average molecular weight is 516 g/mol. The number of fused-ring (bicyclic) bond motifs is 5. The zero-order valence-corrected chi connectivity index (χ0v) is 22.9. The van der Waals surface area contributed by atoms with Gasteiger partial charge in [0.25, 0.3) is 0 Å². The van der Waals surface area contributed by atoms with Gasteiger partial charge in [-0.1, -0.05) is 19.9 Å². The molecule has 3 heterocycles. The van der Waals surface area contributed by atoms with Gasteiger partial charge in [0.1, 0.15) is 0 Å². The Morgan fingerprint density at radius 3 is 2.47 bits per heavy atom. The summed E-state index contributed by atoms with van der Waals surface area (Å²) in [5, 5.41) is 0. The molecule has 0 radical (unpaired) electrons. The molecule has 0 amide bonds. The van der Waals surface area contributed by atoms with Gasteiger partial charge in [-0.25, -0.2) is 0 Å². The van der Waals surface area contributed by atoms with Gasteiger partial charge in [-0.2, -0.15) is 0 Å². The van der Waals surface area contributed by atoms with E-state index in [1.54, 1.807) is 0 Å². The molecular formula is C32H37NO5. The Balaban J connectivity index is 1.51. The molecule has 6 rings (SSSR count). The van der Waals surface area contributed by atoms with Crippen molar-refractivity contribution in [3.05, 3.63) is 64.4 Å². The normalized spacial score (nSPS) is 21.6. The number of hydrogen-bond acceptors (Lipinski definition) is 6. The predicted octanol–water partition coefficient (Wildman–Crippen LogP) is 6.28.